The molecule has 0 radical (unpaired) electrons. The van der Waals surface area contributed by atoms with Gasteiger partial charge in [-0.05, 0) is 17.7 Å². The van der Waals surface area contributed by atoms with Crippen LogP contribution in [0.15, 0.2) is 24.5 Å². The van der Waals surface area contributed by atoms with Crippen LogP contribution < -0.4 is 0 Å². The van der Waals surface area contributed by atoms with Crippen LogP contribution in [0.5, 0.6) is 0 Å². The van der Waals surface area contributed by atoms with Crippen LogP contribution in [-0.2, 0) is 6.42 Å². The number of pyridine rings is 1. The predicted octanol–water partition coefficient (Wildman–Crippen LogP) is 0.901. The number of hydrogen-bond acceptors (Lipinski definition) is 3. The van der Waals surface area contributed by atoms with Crippen molar-refractivity contribution in [3.63, 3.8) is 0 Å². The van der Waals surface area contributed by atoms with Gasteiger partial charge in [0.05, 0.1) is 0 Å². The van der Waals surface area contributed by atoms with Gasteiger partial charge in [-0.15, -0.1) is 0 Å². The molecule has 0 amide bonds. The van der Waals surface area contributed by atoms with E-state index in [0.29, 0.717) is 6.42 Å². The molecule has 0 aliphatic carbocycles. The number of nitrogens with zero attached hydrogens (tertiary/aromatic N) is 2. The number of aromatic nitrogens is 1. The van der Waals surface area contributed by atoms with E-state index >= 15 is 0 Å². The van der Waals surface area contributed by atoms with E-state index in [1.54, 1.807) is 24.5 Å². The third-order valence-electron chi connectivity index (χ3n) is 1.33. The summed E-state index contributed by atoms with van der Waals surface area (Å²) in [7, 11) is 0. The number of nitro groups is 1. The quantitative estimate of drug-likeness (QED) is 0.477. The first-order valence-electron chi connectivity index (χ1n) is 3.30. The van der Waals surface area contributed by atoms with Crippen molar-refractivity contribution in [1.29, 1.82) is 0 Å². The summed E-state index contributed by atoms with van der Waals surface area (Å²) >= 11 is 0. The Morgan fingerprint density at radius 1 is 1.45 bits per heavy atom. The average Bonchev–Trinajstić information content (AvgIpc) is 2.03. The summed E-state index contributed by atoms with van der Waals surface area (Å²) in [6, 6.07) is 3.56. The Morgan fingerprint density at radius 3 is 2.64 bits per heavy atom. The minimum atomic E-state index is -0.319. The predicted molar refractivity (Wildman–Crippen MR) is 39.8 cm³/mol. The molecular weight excluding hydrogens is 144 g/mol. The van der Waals surface area contributed by atoms with E-state index in [1.165, 1.54) is 0 Å². The molecule has 0 aliphatic heterocycles. The van der Waals surface area contributed by atoms with Crippen molar-refractivity contribution in [1.82, 2.24) is 4.98 Å². The van der Waals surface area contributed by atoms with Crippen molar-refractivity contribution in [2.24, 2.45) is 0 Å². The molecule has 0 unspecified atom stereocenters. The zero-order valence-electron chi connectivity index (χ0n) is 5.93. The fourth-order valence-corrected chi connectivity index (χ4v) is 0.770. The molecule has 1 aromatic heterocycles. The summed E-state index contributed by atoms with van der Waals surface area (Å²) in [5.74, 6) is 0. The first-order chi connectivity index (χ1) is 5.29. The lowest BCUT2D eigenvalue weighted by atomic mass is 10.2. The first-order valence-corrected chi connectivity index (χ1v) is 3.30. The highest BCUT2D eigenvalue weighted by Gasteiger charge is 1.97. The maximum absolute atomic E-state index is 9.96. The Balaban J connectivity index is 2.45. The van der Waals surface area contributed by atoms with Crippen LogP contribution in [0, 0.1) is 10.1 Å². The molecular formula is C7H8N2O2. The largest absolute Gasteiger partial charge is 0.265 e. The zero-order chi connectivity index (χ0) is 8.10. The van der Waals surface area contributed by atoms with E-state index in [0.717, 1.165) is 5.56 Å². The summed E-state index contributed by atoms with van der Waals surface area (Å²) in [4.78, 5) is 13.4. The molecule has 4 heteroatoms. The van der Waals surface area contributed by atoms with Crippen LogP contribution in [0.2, 0.25) is 0 Å². The van der Waals surface area contributed by atoms with Crippen molar-refractivity contribution in [3.05, 3.63) is 40.2 Å². The van der Waals surface area contributed by atoms with Gasteiger partial charge in [0.2, 0.25) is 6.54 Å². The summed E-state index contributed by atoms with van der Waals surface area (Å²) in [6.07, 6.45) is 3.75. The second kappa shape index (κ2) is 3.65. The summed E-state index contributed by atoms with van der Waals surface area (Å²) in [5.41, 5.74) is 0.955. The summed E-state index contributed by atoms with van der Waals surface area (Å²) in [6.45, 7) is -0.00991. The van der Waals surface area contributed by atoms with Gasteiger partial charge in [-0.2, -0.15) is 0 Å². The van der Waals surface area contributed by atoms with Crippen LogP contribution in [0.1, 0.15) is 5.56 Å². The average molecular weight is 152 g/mol. The van der Waals surface area contributed by atoms with Gasteiger partial charge in [0, 0.05) is 23.7 Å². The van der Waals surface area contributed by atoms with Gasteiger partial charge in [-0.25, -0.2) is 0 Å². The topological polar surface area (TPSA) is 56.0 Å². The lowest BCUT2D eigenvalue weighted by Crippen LogP contribution is -2.03. The SMILES string of the molecule is O=[N+]([O-])CCc1ccncc1. The van der Waals surface area contributed by atoms with Crippen molar-refractivity contribution in [2.45, 2.75) is 6.42 Å². The van der Waals surface area contributed by atoms with Crippen molar-refractivity contribution in [2.75, 3.05) is 6.54 Å². The molecule has 0 aromatic carbocycles. The van der Waals surface area contributed by atoms with Crippen LogP contribution in [0.25, 0.3) is 0 Å². The van der Waals surface area contributed by atoms with Gasteiger partial charge in [0.1, 0.15) is 0 Å². The third-order valence-corrected chi connectivity index (χ3v) is 1.33. The Hall–Kier alpha value is -1.45. The smallest absolute Gasteiger partial charge is 0.207 e. The highest BCUT2D eigenvalue weighted by molar-refractivity contribution is 5.09. The van der Waals surface area contributed by atoms with Gasteiger partial charge in [-0.1, -0.05) is 0 Å². The molecule has 0 spiro atoms. The maximum Gasteiger partial charge on any atom is 0.207 e. The van der Waals surface area contributed by atoms with E-state index in [4.69, 9.17) is 0 Å². The lowest BCUT2D eigenvalue weighted by Gasteiger charge is -1.93. The van der Waals surface area contributed by atoms with Crippen molar-refractivity contribution >= 4 is 0 Å². The molecule has 4 nitrogen and oxygen atoms in total. The van der Waals surface area contributed by atoms with Gasteiger partial charge >= 0.3 is 0 Å². The fourth-order valence-electron chi connectivity index (χ4n) is 0.770. The molecule has 1 rings (SSSR count). The van der Waals surface area contributed by atoms with Crippen molar-refractivity contribution in [3.8, 4) is 0 Å². The van der Waals surface area contributed by atoms with E-state index in [9.17, 15) is 10.1 Å². The Bertz CT molecular complexity index is 235. The normalized spacial score (nSPS) is 9.45. The Kier molecular flexibility index (Phi) is 2.54. The van der Waals surface area contributed by atoms with Gasteiger partial charge in [-0.3, -0.25) is 15.1 Å². The Labute approximate surface area is 64.0 Å². The first kappa shape index (κ1) is 7.65. The molecule has 1 aromatic rings. The van der Waals surface area contributed by atoms with Gasteiger partial charge < -0.3 is 0 Å². The number of rotatable bonds is 3. The van der Waals surface area contributed by atoms with E-state index in [2.05, 4.69) is 4.98 Å². The van der Waals surface area contributed by atoms with E-state index < -0.39 is 0 Å². The van der Waals surface area contributed by atoms with E-state index in [-0.39, 0.29) is 11.5 Å². The molecule has 11 heavy (non-hydrogen) atoms. The summed E-state index contributed by atoms with van der Waals surface area (Å²) < 4.78 is 0. The molecule has 0 aliphatic rings. The van der Waals surface area contributed by atoms with Gasteiger partial charge in [0.15, 0.2) is 0 Å². The third kappa shape index (κ3) is 2.75. The van der Waals surface area contributed by atoms with E-state index in [1.807, 2.05) is 0 Å². The van der Waals surface area contributed by atoms with Crippen LogP contribution in [0.3, 0.4) is 0 Å². The molecule has 0 N–H and O–H groups in total. The van der Waals surface area contributed by atoms with Crippen LogP contribution >= 0.6 is 0 Å². The maximum atomic E-state index is 9.96. The standard InChI is InChI=1S/C7H8N2O2/c10-9(11)6-3-7-1-4-8-5-2-7/h1-2,4-5H,3,6H2. The second-order valence-corrected chi connectivity index (χ2v) is 2.16. The fraction of sp³-hybridized carbons (Fsp3) is 0.286. The zero-order valence-corrected chi connectivity index (χ0v) is 5.93. The second-order valence-electron chi connectivity index (χ2n) is 2.16. The van der Waals surface area contributed by atoms with Crippen LogP contribution in [0.4, 0.5) is 0 Å². The number of hydrogen-bond donors (Lipinski definition) is 0. The highest BCUT2D eigenvalue weighted by atomic mass is 16.6. The van der Waals surface area contributed by atoms with Crippen molar-refractivity contribution < 1.29 is 4.92 Å². The molecule has 1 heterocycles. The highest BCUT2D eigenvalue weighted by Crippen LogP contribution is 1.96. The lowest BCUT2D eigenvalue weighted by molar-refractivity contribution is -0.479. The molecule has 58 valence electrons. The molecule has 0 atom stereocenters. The molecule has 0 bridgehead atoms. The molecule has 0 saturated carbocycles. The Morgan fingerprint density at radius 2 is 2.09 bits per heavy atom. The van der Waals surface area contributed by atoms with Gasteiger partial charge in [0.25, 0.3) is 0 Å². The minimum absolute atomic E-state index is 0.00991. The van der Waals surface area contributed by atoms with Crippen LogP contribution in [-0.4, -0.2) is 16.5 Å². The summed E-state index contributed by atoms with van der Waals surface area (Å²) in [5, 5.41) is 9.96. The molecule has 0 fully saturated rings. The monoisotopic (exact) mass is 152 g/mol. The minimum Gasteiger partial charge on any atom is -0.265 e. The molecule has 0 saturated heterocycles.